The van der Waals surface area contributed by atoms with Gasteiger partial charge in [0.1, 0.15) is 12.2 Å². The maximum atomic E-state index is 12.2. The van der Waals surface area contributed by atoms with Crippen molar-refractivity contribution < 1.29 is 48.2 Å². The van der Waals surface area contributed by atoms with Gasteiger partial charge in [-0.25, -0.2) is 29.1 Å². The zero-order valence-corrected chi connectivity index (χ0v) is 28.4. The number of rotatable bonds is 6. The summed E-state index contributed by atoms with van der Waals surface area (Å²) in [6.07, 6.45) is 5.00. The van der Waals surface area contributed by atoms with Crippen LogP contribution in [0.2, 0.25) is 0 Å². The van der Waals surface area contributed by atoms with Gasteiger partial charge in [0, 0.05) is 0 Å². The van der Waals surface area contributed by atoms with E-state index in [1.54, 1.807) is 24.3 Å². The van der Waals surface area contributed by atoms with E-state index in [1.807, 2.05) is 24.3 Å². The number of carbonyl (C=O) groups is 4. The van der Waals surface area contributed by atoms with Crippen LogP contribution in [0.5, 0.6) is 0 Å². The first-order valence-electron chi connectivity index (χ1n) is 16.6. The quantitative estimate of drug-likeness (QED) is 0.170. The molecular formula is C37H48O10. The molecule has 0 atom stereocenters. The van der Waals surface area contributed by atoms with Crippen LogP contribution in [0.15, 0.2) is 48.5 Å². The number of hydrogen-bond donors (Lipinski definition) is 0. The first kappa shape index (κ1) is 35.8. The summed E-state index contributed by atoms with van der Waals surface area (Å²) in [7, 11) is 0. The smallest absolute Gasteiger partial charge is 0.428 e. The van der Waals surface area contributed by atoms with Crippen LogP contribution >= 0.6 is 0 Å². The normalized spacial score (nSPS) is 21.6. The molecule has 4 rings (SSSR count). The number of ether oxygens (including phenoxy) is 2. The molecule has 256 valence electrons. The van der Waals surface area contributed by atoms with Crippen LogP contribution in [-0.2, 0) is 39.9 Å². The second-order valence-electron chi connectivity index (χ2n) is 14.8. The molecule has 47 heavy (non-hydrogen) atoms. The van der Waals surface area contributed by atoms with Crippen molar-refractivity contribution in [1.82, 2.24) is 0 Å². The van der Waals surface area contributed by atoms with Crippen LogP contribution in [-0.4, -0.2) is 36.5 Å². The Balaban J connectivity index is 1.07. The third-order valence-electron chi connectivity index (χ3n) is 9.12. The van der Waals surface area contributed by atoms with Crippen LogP contribution in [0.25, 0.3) is 0 Å². The summed E-state index contributed by atoms with van der Waals surface area (Å²) >= 11 is 0. The van der Waals surface area contributed by atoms with Gasteiger partial charge in [-0.15, -0.1) is 0 Å². The van der Waals surface area contributed by atoms with Crippen molar-refractivity contribution in [3.8, 4) is 0 Å². The lowest BCUT2D eigenvalue weighted by Gasteiger charge is -2.33. The first-order chi connectivity index (χ1) is 22.2. The average molecular weight is 653 g/mol. The van der Waals surface area contributed by atoms with Crippen molar-refractivity contribution in [2.24, 2.45) is 11.8 Å². The van der Waals surface area contributed by atoms with Crippen molar-refractivity contribution >= 4 is 24.2 Å². The molecule has 0 unspecified atom stereocenters. The van der Waals surface area contributed by atoms with E-state index in [4.69, 9.17) is 19.2 Å². The fourth-order valence-electron chi connectivity index (χ4n) is 6.21. The van der Waals surface area contributed by atoms with E-state index in [9.17, 15) is 19.2 Å². The summed E-state index contributed by atoms with van der Waals surface area (Å²) in [5.74, 6) is -0.484. The predicted octanol–water partition coefficient (Wildman–Crippen LogP) is 8.94. The van der Waals surface area contributed by atoms with Crippen LogP contribution < -0.4 is 0 Å². The van der Waals surface area contributed by atoms with Crippen molar-refractivity contribution in [2.45, 2.75) is 122 Å². The summed E-state index contributed by atoms with van der Waals surface area (Å²) in [6, 6.07) is 13.9. The second kappa shape index (κ2) is 15.7. The van der Waals surface area contributed by atoms with Gasteiger partial charge in [-0.05, 0) is 116 Å². The van der Waals surface area contributed by atoms with Gasteiger partial charge in [0.05, 0.1) is 11.1 Å². The zero-order valence-electron chi connectivity index (χ0n) is 28.4. The van der Waals surface area contributed by atoms with E-state index >= 15 is 0 Å². The molecule has 0 N–H and O–H groups in total. The number of benzene rings is 2. The molecule has 2 fully saturated rings. The van der Waals surface area contributed by atoms with Crippen LogP contribution in [0.1, 0.15) is 131 Å². The minimum absolute atomic E-state index is 0.0466. The fraction of sp³-hybridized carbons (Fsp3) is 0.568. The third kappa shape index (κ3) is 11.0. The van der Waals surface area contributed by atoms with Crippen molar-refractivity contribution in [1.29, 1.82) is 0 Å². The summed E-state index contributed by atoms with van der Waals surface area (Å²) in [5, 5.41) is 0. The molecule has 2 aromatic carbocycles. The van der Waals surface area contributed by atoms with Crippen LogP contribution in [0.4, 0.5) is 9.59 Å². The van der Waals surface area contributed by atoms with Crippen molar-refractivity contribution in [3.05, 3.63) is 70.8 Å². The lowest BCUT2D eigenvalue weighted by molar-refractivity contribution is -0.208. The van der Waals surface area contributed by atoms with Gasteiger partial charge in [-0.2, -0.15) is 9.59 Å². The second-order valence-corrected chi connectivity index (χ2v) is 14.8. The monoisotopic (exact) mass is 652 g/mol. The highest BCUT2D eigenvalue weighted by molar-refractivity contribution is 5.90. The number of hydrogen-bond acceptors (Lipinski definition) is 10. The molecule has 0 spiro atoms. The molecule has 2 aliphatic rings. The van der Waals surface area contributed by atoms with Gasteiger partial charge in [0.2, 0.25) is 0 Å². The largest absolute Gasteiger partial charge is 0.550 e. The Bertz CT molecular complexity index is 1250. The Hall–Kier alpha value is -4.08. The predicted molar refractivity (Wildman–Crippen MR) is 172 cm³/mol. The van der Waals surface area contributed by atoms with Crippen molar-refractivity contribution in [2.75, 3.05) is 0 Å². The Morgan fingerprint density at radius 1 is 0.511 bits per heavy atom. The van der Waals surface area contributed by atoms with Crippen molar-refractivity contribution in [3.63, 3.8) is 0 Å². The molecule has 0 aromatic heterocycles. The summed E-state index contributed by atoms with van der Waals surface area (Å²) in [5.41, 5.74) is 2.62. The van der Waals surface area contributed by atoms with Gasteiger partial charge < -0.3 is 9.47 Å². The molecule has 0 aliphatic heterocycles. The fourth-order valence-corrected chi connectivity index (χ4v) is 6.21. The minimum Gasteiger partial charge on any atom is -0.428 e. The van der Waals surface area contributed by atoms with Gasteiger partial charge in [0.25, 0.3) is 0 Å². The molecular weight excluding hydrogens is 604 g/mol. The summed E-state index contributed by atoms with van der Waals surface area (Å²) in [6.45, 7) is 12.5. The first-order valence-corrected chi connectivity index (χ1v) is 16.6. The molecule has 0 amide bonds. The molecule has 2 aromatic rings. The van der Waals surface area contributed by atoms with E-state index in [0.717, 1.165) is 43.2 Å². The summed E-state index contributed by atoms with van der Waals surface area (Å²) in [4.78, 5) is 67.4. The molecule has 10 heteroatoms. The topological polar surface area (TPSA) is 124 Å². The highest BCUT2D eigenvalue weighted by Gasteiger charge is 2.30. The van der Waals surface area contributed by atoms with E-state index in [-0.39, 0.29) is 34.2 Å². The zero-order chi connectivity index (χ0) is 34.2. The highest BCUT2D eigenvalue weighted by atomic mass is 17.2. The van der Waals surface area contributed by atoms with E-state index in [0.29, 0.717) is 37.5 Å². The maximum absolute atomic E-state index is 12.2. The molecule has 2 aliphatic carbocycles. The molecule has 0 bridgehead atoms. The van der Waals surface area contributed by atoms with E-state index in [2.05, 4.69) is 51.3 Å². The molecule has 2 saturated carbocycles. The van der Waals surface area contributed by atoms with Gasteiger partial charge in [-0.3, -0.25) is 0 Å². The molecule has 0 radical (unpaired) electrons. The lowest BCUT2D eigenvalue weighted by Crippen LogP contribution is -2.28. The average Bonchev–Trinajstić information content (AvgIpc) is 3.03. The van der Waals surface area contributed by atoms with Crippen LogP contribution in [0, 0.1) is 11.8 Å². The Kier molecular flexibility index (Phi) is 11.9. The van der Waals surface area contributed by atoms with Crippen LogP contribution in [0.3, 0.4) is 0 Å². The number of carbonyl (C=O) groups excluding carboxylic acids is 4. The SMILES string of the molecule is CC(C)(C)c1ccc(C(=O)OOC(=O)OC2CCC(CC3CCC(OC(=O)OOC(=O)c4ccc(C(C)(C)C)cc4)CC3)CC2)cc1. The maximum Gasteiger partial charge on any atom is 0.550 e. The Morgan fingerprint density at radius 2 is 0.830 bits per heavy atom. The summed E-state index contributed by atoms with van der Waals surface area (Å²) < 4.78 is 10.8. The minimum atomic E-state index is -1.02. The molecule has 10 nitrogen and oxygen atoms in total. The van der Waals surface area contributed by atoms with Gasteiger partial charge in [-0.1, -0.05) is 65.8 Å². The Labute approximate surface area is 277 Å². The van der Waals surface area contributed by atoms with Gasteiger partial charge in [0.15, 0.2) is 0 Å². The van der Waals surface area contributed by atoms with E-state index < -0.39 is 24.2 Å². The molecule has 0 saturated heterocycles. The Morgan fingerprint density at radius 3 is 1.13 bits per heavy atom. The highest BCUT2D eigenvalue weighted by Crippen LogP contribution is 2.37. The standard InChI is InChI=1S/C37H48O10/c1-36(2,3)28-15-11-26(12-16-28)32(38)44-46-34(40)42-30-19-7-24(8-20-30)23-25-9-21-31(22-10-25)43-35(41)47-45-33(39)27-13-17-29(18-14-27)37(4,5)6/h11-18,24-25,30-31H,7-10,19-23H2,1-6H3. The van der Waals surface area contributed by atoms with E-state index in [1.165, 1.54) is 0 Å². The third-order valence-corrected chi connectivity index (χ3v) is 9.12. The molecule has 0 heterocycles. The lowest BCUT2D eigenvalue weighted by atomic mass is 9.76. The van der Waals surface area contributed by atoms with Gasteiger partial charge >= 0.3 is 24.2 Å².